The molecule has 0 atom stereocenters. The van der Waals surface area contributed by atoms with Gasteiger partial charge >= 0.3 is 0 Å². The monoisotopic (exact) mass is 303 g/mol. The summed E-state index contributed by atoms with van der Waals surface area (Å²) in [6.07, 6.45) is 0. The van der Waals surface area contributed by atoms with Crippen molar-refractivity contribution in [3.05, 3.63) is 34.4 Å². The molecule has 0 aliphatic carbocycles. The van der Waals surface area contributed by atoms with Crippen LogP contribution in [-0.4, -0.2) is 34.3 Å². The first-order valence-electron chi connectivity index (χ1n) is 6.02. The first kappa shape index (κ1) is 13.0. The Kier molecular flexibility index (Phi) is 3.37. The summed E-state index contributed by atoms with van der Waals surface area (Å²) in [6, 6.07) is 8.31. The van der Waals surface area contributed by atoms with Crippen LogP contribution in [0.25, 0.3) is 22.1 Å². The van der Waals surface area contributed by atoms with Gasteiger partial charge in [0.1, 0.15) is 10.7 Å². The molecule has 2 aromatic heterocycles. The molecule has 0 aliphatic heterocycles. The number of hydrogen-bond acceptors (Lipinski definition) is 5. The number of nitrogens with zero attached hydrogens (tertiary/aromatic N) is 3. The number of anilines is 1. The average Bonchev–Trinajstić information content (AvgIpc) is 3.07. The van der Waals surface area contributed by atoms with Crippen molar-refractivity contribution in [1.82, 2.24) is 20.2 Å². The van der Waals surface area contributed by atoms with Gasteiger partial charge in [-0.25, -0.2) is 4.98 Å². The molecule has 0 amide bonds. The third kappa shape index (κ3) is 2.50. The van der Waals surface area contributed by atoms with E-state index < -0.39 is 0 Å². The number of thiazole rings is 1. The van der Waals surface area contributed by atoms with E-state index in [1.54, 1.807) is 11.3 Å². The van der Waals surface area contributed by atoms with Crippen LogP contribution >= 0.6 is 23.6 Å². The van der Waals surface area contributed by atoms with Crippen molar-refractivity contribution >= 4 is 29.2 Å². The molecule has 0 saturated heterocycles. The molecule has 7 heteroatoms. The molecule has 0 aliphatic rings. The molecule has 5 nitrogen and oxygen atoms in total. The lowest BCUT2D eigenvalue weighted by Gasteiger charge is -2.11. The molecule has 0 radical (unpaired) electrons. The highest BCUT2D eigenvalue weighted by atomic mass is 32.1. The number of benzene rings is 1. The predicted octanol–water partition coefficient (Wildman–Crippen LogP) is 3.32. The van der Waals surface area contributed by atoms with Gasteiger partial charge in [0.2, 0.25) is 4.77 Å². The molecule has 0 bridgehead atoms. The lowest BCUT2D eigenvalue weighted by Crippen LogP contribution is -2.07. The Balaban J connectivity index is 1.91. The SMILES string of the molecule is CN(C)c1ccc(-c2nc(-c3nc(=S)[nH][nH]3)cs2)cc1. The topological polar surface area (TPSA) is 60.6 Å². The maximum absolute atomic E-state index is 4.94. The van der Waals surface area contributed by atoms with E-state index in [0.717, 1.165) is 16.3 Å². The molecule has 2 heterocycles. The largest absolute Gasteiger partial charge is 0.378 e. The van der Waals surface area contributed by atoms with Gasteiger partial charge < -0.3 is 4.90 Å². The summed E-state index contributed by atoms with van der Waals surface area (Å²) in [5.74, 6) is 0.669. The van der Waals surface area contributed by atoms with Crippen molar-refractivity contribution in [1.29, 1.82) is 0 Å². The van der Waals surface area contributed by atoms with Crippen LogP contribution in [0.2, 0.25) is 0 Å². The van der Waals surface area contributed by atoms with Gasteiger partial charge in [0.15, 0.2) is 5.82 Å². The molecule has 3 rings (SSSR count). The van der Waals surface area contributed by atoms with Gasteiger partial charge in [0.25, 0.3) is 0 Å². The van der Waals surface area contributed by atoms with Crippen LogP contribution in [0.4, 0.5) is 5.69 Å². The summed E-state index contributed by atoms with van der Waals surface area (Å²) in [4.78, 5) is 10.8. The normalized spacial score (nSPS) is 10.7. The maximum Gasteiger partial charge on any atom is 0.213 e. The van der Waals surface area contributed by atoms with E-state index in [0.29, 0.717) is 10.6 Å². The zero-order chi connectivity index (χ0) is 14.1. The Morgan fingerprint density at radius 1 is 1.10 bits per heavy atom. The van der Waals surface area contributed by atoms with Gasteiger partial charge in [-0.05, 0) is 36.5 Å². The molecular weight excluding hydrogens is 290 g/mol. The van der Waals surface area contributed by atoms with Crippen LogP contribution in [0.3, 0.4) is 0 Å². The van der Waals surface area contributed by atoms with Crippen molar-refractivity contribution in [3.8, 4) is 22.1 Å². The maximum atomic E-state index is 4.94. The average molecular weight is 303 g/mol. The van der Waals surface area contributed by atoms with Gasteiger partial charge in [-0.15, -0.1) is 11.3 Å². The van der Waals surface area contributed by atoms with Crippen LogP contribution in [-0.2, 0) is 0 Å². The molecule has 0 saturated carbocycles. The number of hydrogen-bond donors (Lipinski definition) is 2. The Bertz CT molecular complexity index is 766. The fraction of sp³-hybridized carbons (Fsp3) is 0.154. The Morgan fingerprint density at radius 2 is 1.85 bits per heavy atom. The van der Waals surface area contributed by atoms with Gasteiger partial charge in [0.05, 0.1) is 0 Å². The molecule has 0 spiro atoms. The molecule has 20 heavy (non-hydrogen) atoms. The van der Waals surface area contributed by atoms with E-state index in [-0.39, 0.29) is 0 Å². The summed E-state index contributed by atoms with van der Waals surface area (Å²) in [5, 5.41) is 8.62. The third-order valence-corrected chi connectivity index (χ3v) is 3.96. The summed E-state index contributed by atoms with van der Waals surface area (Å²) in [7, 11) is 4.05. The quantitative estimate of drug-likeness (QED) is 0.729. The molecule has 102 valence electrons. The zero-order valence-electron chi connectivity index (χ0n) is 11.0. The van der Waals surface area contributed by atoms with Crippen LogP contribution in [0.1, 0.15) is 0 Å². The van der Waals surface area contributed by atoms with Crippen LogP contribution in [0.5, 0.6) is 0 Å². The van der Waals surface area contributed by atoms with Gasteiger partial charge in [-0.1, -0.05) is 0 Å². The molecule has 1 aromatic carbocycles. The van der Waals surface area contributed by atoms with Gasteiger partial charge in [-0.3, -0.25) is 10.2 Å². The van der Waals surface area contributed by atoms with Crippen LogP contribution < -0.4 is 4.90 Å². The Morgan fingerprint density at radius 3 is 2.45 bits per heavy atom. The number of aromatic amines is 2. The lowest BCUT2D eigenvalue weighted by molar-refractivity contribution is 1.08. The fourth-order valence-electron chi connectivity index (χ4n) is 1.81. The van der Waals surface area contributed by atoms with Crippen molar-refractivity contribution in [2.75, 3.05) is 19.0 Å². The van der Waals surface area contributed by atoms with Crippen molar-refractivity contribution in [2.24, 2.45) is 0 Å². The van der Waals surface area contributed by atoms with Crippen molar-refractivity contribution < 1.29 is 0 Å². The second-order valence-corrected chi connectivity index (χ2v) is 5.74. The van der Waals surface area contributed by atoms with Crippen LogP contribution in [0, 0.1) is 4.77 Å². The summed E-state index contributed by atoms with van der Waals surface area (Å²) < 4.78 is 0.435. The van der Waals surface area contributed by atoms with E-state index in [9.17, 15) is 0 Å². The molecule has 2 N–H and O–H groups in total. The number of rotatable bonds is 3. The second-order valence-electron chi connectivity index (χ2n) is 4.49. The second kappa shape index (κ2) is 5.18. The third-order valence-electron chi connectivity index (χ3n) is 2.88. The fourth-order valence-corrected chi connectivity index (χ4v) is 2.76. The molecule has 0 fully saturated rings. The highest BCUT2D eigenvalue weighted by Crippen LogP contribution is 2.28. The van der Waals surface area contributed by atoms with Crippen molar-refractivity contribution in [2.45, 2.75) is 0 Å². The van der Waals surface area contributed by atoms with E-state index in [4.69, 9.17) is 12.2 Å². The summed E-state index contributed by atoms with van der Waals surface area (Å²) in [5.41, 5.74) is 3.07. The minimum absolute atomic E-state index is 0.435. The number of H-pyrrole nitrogens is 2. The molecular formula is C13H13N5S2. The summed E-state index contributed by atoms with van der Waals surface area (Å²) >= 11 is 6.53. The number of nitrogens with one attached hydrogen (secondary N) is 2. The number of aromatic nitrogens is 4. The highest BCUT2D eigenvalue weighted by Gasteiger charge is 2.09. The Labute approximate surface area is 125 Å². The molecule has 0 unspecified atom stereocenters. The minimum atomic E-state index is 0.435. The first-order chi connectivity index (χ1) is 9.63. The van der Waals surface area contributed by atoms with E-state index in [1.807, 2.05) is 19.5 Å². The Hall–Kier alpha value is -1.99. The highest BCUT2D eigenvalue weighted by molar-refractivity contribution is 7.71. The summed E-state index contributed by atoms with van der Waals surface area (Å²) in [6.45, 7) is 0. The van der Waals surface area contributed by atoms with Gasteiger partial charge in [0, 0.05) is 30.7 Å². The predicted molar refractivity (Wildman–Crippen MR) is 84.6 cm³/mol. The smallest absolute Gasteiger partial charge is 0.213 e. The lowest BCUT2D eigenvalue weighted by atomic mass is 10.2. The van der Waals surface area contributed by atoms with Gasteiger partial charge in [-0.2, -0.15) is 4.98 Å². The zero-order valence-corrected chi connectivity index (χ0v) is 12.7. The van der Waals surface area contributed by atoms with Crippen molar-refractivity contribution in [3.63, 3.8) is 0 Å². The standard InChI is InChI=1S/C13H13N5S2/c1-18(2)9-5-3-8(4-6-9)12-14-10(7-20-12)11-15-13(19)17-16-11/h3-7H,1-2H3,(H2,15,16,17,19). The molecule has 3 aromatic rings. The van der Waals surface area contributed by atoms with Crippen LogP contribution in [0.15, 0.2) is 29.6 Å². The first-order valence-corrected chi connectivity index (χ1v) is 7.30. The van der Waals surface area contributed by atoms with E-state index in [1.165, 1.54) is 5.69 Å². The van der Waals surface area contributed by atoms with E-state index in [2.05, 4.69) is 49.3 Å². The minimum Gasteiger partial charge on any atom is -0.378 e. The van der Waals surface area contributed by atoms with E-state index >= 15 is 0 Å².